The van der Waals surface area contributed by atoms with Crippen molar-refractivity contribution in [2.75, 3.05) is 32.7 Å². The molecule has 0 atom stereocenters. The van der Waals surface area contributed by atoms with Crippen molar-refractivity contribution in [2.24, 2.45) is 0 Å². The summed E-state index contributed by atoms with van der Waals surface area (Å²) in [6.07, 6.45) is 0.351. The fraction of sp³-hybridized carbons (Fsp3) is 0.333. The van der Waals surface area contributed by atoms with E-state index < -0.39 is 5.92 Å². The number of nitrogens with zero attached hydrogens (tertiary/aromatic N) is 3. The number of likely N-dealkylation sites (tertiary alicyclic amines) is 1. The van der Waals surface area contributed by atoms with Gasteiger partial charge in [-0.25, -0.2) is 0 Å². The highest BCUT2D eigenvalue weighted by Gasteiger charge is 2.34. The number of carbonyl (C=O) groups excluding carboxylic acids is 4. The lowest BCUT2D eigenvalue weighted by atomic mass is 9.90. The van der Waals surface area contributed by atoms with Gasteiger partial charge >= 0.3 is 0 Å². The minimum atomic E-state index is -0.399. The van der Waals surface area contributed by atoms with E-state index in [2.05, 4.69) is 0 Å². The Hall–Kier alpha value is -3.48. The Morgan fingerprint density at radius 3 is 1.65 bits per heavy atom. The minimum absolute atomic E-state index is 0.00870. The summed E-state index contributed by atoms with van der Waals surface area (Å²) in [5, 5.41) is 0. The fourth-order valence-corrected chi connectivity index (χ4v) is 4.16. The van der Waals surface area contributed by atoms with Crippen LogP contribution < -0.4 is 0 Å². The summed E-state index contributed by atoms with van der Waals surface area (Å²) in [5.74, 6) is -1.22. The quantitative estimate of drug-likeness (QED) is 0.691. The molecule has 7 nitrogen and oxygen atoms in total. The molecule has 31 heavy (non-hydrogen) atoms. The molecule has 0 N–H and O–H groups in total. The van der Waals surface area contributed by atoms with Crippen LogP contribution in [0.15, 0.2) is 60.7 Å². The van der Waals surface area contributed by atoms with E-state index >= 15 is 0 Å². The number of hydrogen-bond donors (Lipinski definition) is 0. The molecule has 2 saturated heterocycles. The summed E-state index contributed by atoms with van der Waals surface area (Å²) in [4.78, 5) is 54.0. The smallest absolute Gasteiger partial charge is 0.242 e. The Morgan fingerprint density at radius 2 is 1.16 bits per heavy atom. The van der Waals surface area contributed by atoms with Gasteiger partial charge in [0.15, 0.2) is 0 Å². The van der Waals surface area contributed by atoms with Gasteiger partial charge in [-0.1, -0.05) is 60.7 Å². The lowest BCUT2D eigenvalue weighted by molar-refractivity contribution is -0.147. The number of piperazine rings is 1. The number of carbonyl (C=O) groups is 4. The normalized spacial score (nSPS) is 16.9. The largest absolute Gasteiger partial charge is 0.338 e. The highest BCUT2D eigenvalue weighted by molar-refractivity contribution is 6.04. The Bertz CT molecular complexity index is 913. The van der Waals surface area contributed by atoms with E-state index in [0.29, 0.717) is 26.2 Å². The number of rotatable bonds is 5. The van der Waals surface area contributed by atoms with Crippen molar-refractivity contribution in [3.8, 4) is 0 Å². The summed E-state index contributed by atoms with van der Waals surface area (Å²) >= 11 is 0. The third-order valence-corrected chi connectivity index (χ3v) is 5.91. The van der Waals surface area contributed by atoms with Crippen molar-refractivity contribution in [1.29, 1.82) is 0 Å². The summed E-state index contributed by atoms with van der Waals surface area (Å²) in [6, 6.07) is 19.4. The Morgan fingerprint density at radius 1 is 0.710 bits per heavy atom. The Labute approximate surface area is 181 Å². The molecule has 0 aliphatic carbocycles. The van der Waals surface area contributed by atoms with Crippen LogP contribution in [0.5, 0.6) is 0 Å². The van der Waals surface area contributed by atoms with Gasteiger partial charge in [0.2, 0.25) is 23.6 Å². The molecule has 160 valence electrons. The molecule has 2 aliphatic rings. The van der Waals surface area contributed by atoms with Crippen LogP contribution in [-0.2, 0) is 19.2 Å². The first-order chi connectivity index (χ1) is 15.0. The van der Waals surface area contributed by atoms with Crippen molar-refractivity contribution in [3.63, 3.8) is 0 Å². The highest BCUT2D eigenvalue weighted by atomic mass is 16.2. The van der Waals surface area contributed by atoms with Crippen molar-refractivity contribution >= 4 is 23.6 Å². The maximum Gasteiger partial charge on any atom is 0.242 e. The molecule has 4 rings (SSSR count). The predicted octanol–water partition coefficient (Wildman–Crippen LogP) is 1.64. The van der Waals surface area contributed by atoms with E-state index in [1.165, 1.54) is 0 Å². The van der Waals surface area contributed by atoms with Crippen molar-refractivity contribution in [2.45, 2.75) is 18.8 Å². The predicted molar refractivity (Wildman–Crippen MR) is 114 cm³/mol. The number of hydrogen-bond acceptors (Lipinski definition) is 4. The topological polar surface area (TPSA) is 78.0 Å². The summed E-state index contributed by atoms with van der Waals surface area (Å²) in [7, 11) is 0. The number of amides is 4. The van der Waals surface area contributed by atoms with E-state index in [9.17, 15) is 19.2 Å². The maximum absolute atomic E-state index is 13.5. The molecule has 2 aliphatic heterocycles. The Kier molecular flexibility index (Phi) is 6.11. The van der Waals surface area contributed by atoms with Crippen LogP contribution in [0.1, 0.15) is 29.9 Å². The standard InChI is InChI=1S/C24H25N3O4/c28-20-11-12-21(29)27(20)17-22(30)25-13-15-26(16-14-25)24(31)23(18-7-3-1-4-8-18)19-9-5-2-6-10-19/h1-10,23H,11-17H2. The molecule has 0 saturated carbocycles. The first-order valence-corrected chi connectivity index (χ1v) is 10.5. The van der Waals surface area contributed by atoms with E-state index in [1.54, 1.807) is 9.80 Å². The zero-order valence-corrected chi connectivity index (χ0v) is 17.3. The molecule has 0 spiro atoms. The average Bonchev–Trinajstić information content (AvgIpc) is 3.13. The van der Waals surface area contributed by atoms with Gasteiger partial charge in [0.1, 0.15) is 6.54 Å². The van der Waals surface area contributed by atoms with Gasteiger partial charge in [0.05, 0.1) is 5.92 Å². The molecular formula is C24H25N3O4. The highest BCUT2D eigenvalue weighted by Crippen LogP contribution is 2.27. The van der Waals surface area contributed by atoms with Crippen LogP contribution in [0.4, 0.5) is 0 Å². The van der Waals surface area contributed by atoms with Crippen LogP contribution in [-0.4, -0.2) is 71.1 Å². The maximum atomic E-state index is 13.5. The van der Waals surface area contributed by atoms with E-state index in [-0.39, 0.29) is 43.0 Å². The van der Waals surface area contributed by atoms with Gasteiger partial charge in [-0.2, -0.15) is 0 Å². The Balaban J connectivity index is 1.42. The van der Waals surface area contributed by atoms with Gasteiger partial charge in [-0.15, -0.1) is 0 Å². The van der Waals surface area contributed by atoms with Gasteiger partial charge in [0.25, 0.3) is 0 Å². The number of imide groups is 1. The summed E-state index contributed by atoms with van der Waals surface area (Å²) in [6.45, 7) is 1.40. The van der Waals surface area contributed by atoms with Crippen molar-refractivity contribution in [1.82, 2.24) is 14.7 Å². The first-order valence-electron chi connectivity index (χ1n) is 10.5. The first kappa shape index (κ1) is 20.8. The number of benzene rings is 2. The zero-order chi connectivity index (χ0) is 21.8. The van der Waals surface area contributed by atoms with Gasteiger partial charge < -0.3 is 9.80 Å². The van der Waals surface area contributed by atoms with Crippen molar-refractivity contribution < 1.29 is 19.2 Å². The minimum Gasteiger partial charge on any atom is -0.338 e. The second kappa shape index (κ2) is 9.12. The molecular weight excluding hydrogens is 394 g/mol. The molecule has 0 unspecified atom stereocenters. The van der Waals surface area contributed by atoms with Gasteiger partial charge in [0, 0.05) is 39.0 Å². The van der Waals surface area contributed by atoms with Gasteiger partial charge in [-0.3, -0.25) is 24.1 Å². The van der Waals surface area contributed by atoms with Crippen LogP contribution >= 0.6 is 0 Å². The average molecular weight is 419 g/mol. The second-order valence-corrected chi connectivity index (χ2v) is 7.83. The third-order valence-electron chi connectivity index (χ3n) is 5.91. The van der Waals surface area contributed by atoms with E-state index in [4.69, 9.17) is 0 Å². The summed E-state index contributed by atoms with van der Waals surface area (Å²) in [5.41, 5.74) is 1.87. The van der Waals surface area contributed by atoms with E-state index in [1.807, 2.05) is 60.7 Å². The molecule has 2 aromatic carbocycles. The molecule has 0 bridgehead atoms. The molecule has 2 heterocycles. The molecule has 7 heteroatoms. The van der Waals surface area contributed by atoms with Gasteiger partial charge in [-0.05, 0) is 11.1 Å². The monoisotopic (exact) mass is 419 g/mol. The summed E-state index contributed by atoms with van der Waals surface area (Å²) < 4.78 is 0. The molecule has 4 amide bonds. The molecule has 2 fully saturated rings. The van der Waals surface area contributed by atoms with Crippen molar-refractivity contribution in [3.05, 3.63) is 71.8 Å². The molecule has 0 radical (unpaired) electrons. The van der Waals surface area contributed by atoms with Crippen LogP contribution in [0.25, 0.3) is 0 Å². The third kappa shape index (κ3) is 4.50. The lowest BCUT2D eigenvalue weighted by Crippen LogP contribution is -2.53. The lowest BCUT2D eigenvalue weighted by Gasteiger charge is -2.37. The zero-order valence-electron chi connectivity index (χ0n) is 17.3. The van der Waals surface area contributed by atoms with Crippen LogP contribution in [0.3, 0.4) is 0 Å². The molecule has 0 aromatic heterocycles. The fourth-order valence-electron chi connectivity index (χ4n) is 4.16. The van der Waals surface area contributed by atoms with Crippen LogP contribution in [0, 0.1) is 0 Å². The second-order valence-electron chi connectivity index (χ2n) is 7.83. The SMILES string of the molecule is O=C(CN1C(=O)CCC1=O)N1CCN(C(=O)C(c2ccccc2)c2ccccc2)CC1. The van der Waals surface area contributed by atoms with Crippen LogP contribution in [0.2, 0.25) is 0 Å². The van der Waals surface area contributed by atoms with E-state index in [0.717, 1.165) is 16.0 Å². The molecule has 2 aromatic rings.